The third-order valence-electron chi connectivity index (χ3n) is 13.9. The van der Waals surface area contributed by atoms with Gasteiger partial charge in [0.15, 0.2) is 0 Å². The van der Waals surface area contributed by atoms with Gasteiger partial charge in [0.1, 0.15) is 6.10 Å². The summed E-state index contributed by atoms with van der Waals surface area (Å²) >= 11 is 0. The number of esters is 1. The Balaban J connectivity index is 4.59. The van der Waals surface area contributed by atoms with Gasteiger partial charge in [-0.25, -0.2) is 0 Å². The summed E-state index contributed by atoms with van der Waals surface area (Å²) in [6.45, 7) is 6.41. The van der Waals surface area contributed by atoms with Gasteiger partial charge in [-0.15, -0.1) is 0 Å². The molecule has 0 aliphatic carbocycles. The SMILES string of the molecule is CCC/C=C/C=C/C=C/C=C/C=C/CCCCCC(CC(=O)NC(CO)C(O)CCCCCCCCCCCCCCCCCCC)OC(=O)CCCCCCCCCCC/C=C/CCCCCCCC. The largest absolute Gasteiger partial charge is 0.462 e. The predicted octanol–water partition coefficient (Wildman–Crippen LogP) is 19.3. The quantitative estimate of drug-likeness (QED) is 0.0244. The average molecular weight is 993 g/mol. The van der Waals surface area contributed by atoms with Gasteiger partial charge in [0.05, 0.1) is 25.2 Å². The van der Waals surface area contributed by atoms with Crippen LogP contribution in [-0.4, -0.2) is 46.9 Å². The highest BCUT2D eigenvalue weighted by Gasteiger charge is 2.24. The molecule has 3 unspecified atom stereocenters. The second kappa shape index (κ2) is 58.2. The molecule has 0 fully saturated rings. The van der Waals surface area contributed by atoms with E-state index < -0.39 is 18.2 Å². The zero-order valence-electron chi connectivity index (χ0n) is 47.1. The Morgan fingerprint density at radius 3 is 1.20 bits per heavy atom. The summed E-state index contributed by atoms with van der Waals surface area (Å²) in [5.74, 6) is -0.510. The monoisotopic (exact) mass is 992 g/mol. The van der Waals surface area contributed by atoms with E-state index in [-0.39, 0.29) is 24.9 Å². The van der Waals surface area contributed by atoms with Crippen molar-refractivity contribution in [2.45, 2.75) is 322 Å². The molecule has 0 bridgehead atoms. The van der Waals surface area contributed by atoms with E-state index in [9.17, 15) is 19.8 Å². The van der Waals surface area contributed by atoms with E-state index in [2.05, 4.69) is 68.6 Å². The number of nitrogens with one attached hydrogen (secondary N) is 1. The third kappa shape index (κ3) is 53.4. The number of aliphatic hydroxyl groups excluding tert-OH is 2. The number of amides is 1. The standard InChI is InChI=1S/C65H117NO5/c1-4-7-10-13-16-19-22-25-28-31-32-34-37-40-43-46-49-52-55-58-65(70)71-61(56-53-50-47-44-41-38-35-30-27-24-21-18-15-12-9-6-3)59-64(69)66-62(60-67)63(68)57-54-51-48-45-42-39-36-33-29-26-23-20-17-14-11-8-5-2/h12,15,18,21,24-25,27-28,30,35,38,41,61-63,67-68H,4-11,13-14,16-17,19-20,22-23,26,29,31-34,36-37,39-40,42-60H2,1-3H3,(H,66,69)/b15-12+,21-18+,27-24+,28-25+,35-30+,41-38+. The summed E-state index contributed by atoms with van der Waals surface area (Å²) in [6.07, 6.45) is 75.4. The fraction of sp³-hybridized carbons (Fsp3) is 0.785. The lowest BCUT2D eigenvalue weighted by atomic mass is 10.0. The van der Waals surface area contributed by atoms with E-state index in [1.54, 1.807) is 0 Å². The zero-order valence-corrected chi connectivity index (χ0v) is 47.1. The Labute approximate surface area is 441 Å². The summed E-state index contributed by atoms with van der Waals surface area (Å²) in [6, 6.07) is -0.720. The smallest absolute Gasteiger partial charge is 0.306 e. The van der Waals surface area contributed by atoms with Crippen LogP contribution in [0.2, 0.25) is 0 Å². The van der Waals surface area contributed by atoms with Gasteiger partial charge in [-0.1, -0.05) is 293 Å². The number of aliphatic hydroxyl groups is 2. The highest BCUT2D eigenvalue weighted by molar-refractivity contribution is 5.77. The van der Waals surface area contributed by atoms with Crippen molar-refractivity contribution in [3.05, 3.63) is 72.9 Å². The molecule has 0 rings (SSSR count). The summed E-state index contributed by atoms with van der Waals surface area (Å²) < 4.78 is 5.96. The van der Waals surface area contributed by atoms with Gasteiger partial charge in [0.2, 0.25) is 5.91 Å². The van der Waals surface area contributed by atoms with E-state index in [4.69, 9.17) is 4.74 Å². The molecule has 0 saturated carbocycles. The lowest BCUT2D eigenvalue weighted by Crippen LogP contribution is -2.46. The van der Waals surface area contributed by atoms with Crippen molar-refractivity contribution < 1.29 is 24.5 Å². The van der Waals surface area contributed by atoms with Crippen molar-refractivity contribution in [2.24, 2.45) is 0 Å². The summed E-state index contributed by atoms with van der Waals surface area (Å²) in [5.41, 5.74) is 0. The minimum absolute atomic E-state index is 0.0476. The second-order valence-electron chi connectivity index (χ2n) is 20.9. The molecule has 0 aromatic heterocycles. The van der Waals surface area contributed by atoms with Crippen molar-refractivity contribution in [3.8, 4) is 0 Å². The van der Waals surface area contributed by atoms with Gasteiger partial charge in [-0.3, -0.25) is 9.59 Å². The molecule has 3 N–H and O–H groups in total. The number of carbonyl (C=O) groups excluding carboxylic acids is 2. The zero-order chi connectivity index (χ0) is 51.6. The molecule has 1 amide bonds. The van der Waals surface area contributed by atoms with Crippen LogP contribution < -0.4 is 5.32 Å². The van der Waals surface area contributed by atoms with Gasteiger partial charge >= 0.3 is 5.97 Å². The van der Waals surface area contributed by atoms with Crippen molar-refractivity contribution in [2.75, 3.05) is 6.61 Å². The Hall–Kier alpha value is -2.70. The van der Waals surface area contributed by atoms with Crippen molar-refractivity contribution in [1.82, 2.24) is 5.32 Å². The fourth-order valence-electron chi connectivity index (χ4n) is 9.22. The first-order valence-electron chi connectivity index (χ1n) is 30.7. The fourth-order valence-corrected chi connectivity index (χ4v) is 9.22. The summed E-state index contributed by atoms with van der Waals surface area (Å²) in [7, 11) is 0. The lowest BCUT2D eigenvalue weighted by molar-refractivity contribution is -0.151. The van der Waals surface area contributed by atoms with Crippen molar-refractivity contribution >= 4 is 11.9 Å². The Bertz CT molecular complexity index is 1300. The maximum absolute atomic E-state index is 13.3. The van der Waals surface area contributed by atoms with E-state index in [1.807, 2.05) is 30.4 Å². The van der Waals surface area contributed by atoms with Crippen LogP contribution in [-0.2, 0) is 14.3 Å². The second-order valence-corrected chi connectivity index (χ2v) is 20.9. The first-order valence-corrected chi connectivity index (χ1v) is 30.7. The van der Waals surface area contributed by atoms with E-state index in [0.717, 1.165) is 70.6 Å². The lowest BCUT2D eigenvalue weighted by Gasteiger charge is -2.24. The number of hydrogen-bond acceptors (Lipinski definition) is 5. The molecule has 0 aliphatic rings. The Morgan fingerprint density at radius 2 is 0.761 bits per heavy atom. The van der Waals surface area contributed by atoms with Gasteiger partial charge in [0, 0.05) is 6.42 Å². The summed E-state index contributed by atoms with van der Waals surface area (Å²) in [5, 5.41) is 23.9. The molecule has 0 heterocycles. The topological polar surface area (TPSA) is 95.9 Å². The van der Waals surface area contributed by atoms with E-state index in [1.165, 1.54) is 186 Å². The molecule has 0 radical (unpaired) electrons. The molecule has 0 aromatic rings. The molecular formula is C65H117NO5. The number of unbranched alkanes of at least 4 members (excludes halogenated alkanes) is 35. The highest BCUT2D eigenvalue weighted by Crippen LogP contribution is 2.18. The van der Waals surface area contributed by atoms with Crippen molar-refractivity contribution in [3.63, 3.8) is 0 Å². The average Bonchev–Trinajstić information content (AvgIpc) is 3.36. The molecule has 3 atom stereocenters. The van der Waals surface area contributed by atoms with Gasteiger partial charge < -0.3 is 20.3 Å². The predicted molar refractivity (Wildman–Crippen MR) is 310 cm³/mol. The van der Waals surface area contributed by atoms with Crippen LogP contribution in [0.3, 0.4) is 0 Å². The van der Waals surface area contributed by atoms with Gasteiger partial charge in [-0.05, 0) is 70.6 Å². The number of ether oxygens (including phenoxy) is 1. The minimum Gasteiger partial charge on any atom is -0.462 e. The van der Waals surface area contributed by atoms with Crippen LogP contribution in [0.4, 0.5) is 0 Å². The number of hydrogen-bond donors (Lipinski definition) is 3. The molecule has 6 heteroatoms. The van der Waals surface area contributed by atoms with Crippen LogP contribution >= 0.6 is 0 Å². The van der Waals surface area contributed by atoms with Crippen LogP contribution in [0.15, 0.2) is 72.9 Å². The summed E-state index contributed by atoms with van der Waals surface area (Å²) in [4.78, 5) is 26.3. The minimum atomic E-state index is -0.804. The molecule has 0 aliphatic heterocycles. The first-order chi connectivity index (χ1) is 35.0. The first kappa shape index (κ1) is 68.3. The molecule has 0 spiro atoms. The molecule has 0 aromatic carbocycles. The molecule has 412 valence electrons. The Morgan fingerprint density at radius 1 is 0.408 bits per heavy atom. The van der Waals surface area contributed by atoms with E-state index >= 15 is 0 Å². The molecule has 6 nitrogen and oxygen atoms in total. The number of carbonyl (C=O) groups is 2. The number of rotatable bonds is 55. The molecule has 71 heavy (non-hydrogen) atoms. The normalized spacial score (nSPS) is 13.6. The number of allylic oxidation sites excluding steroid dienone is 12. The van der Waals surface area contributed by atoms with E-state index in [0.29, 0.717) is 19.3 Å². The van der Waals surface area contributed by atoms with Crippen molar-refractivity contribution in [1.29, 1.82) is 0 Å². The molecule has 0 saturated heterocycles. The van der Waals surface area contributed by atoms with Gasteiger partial charge in [-0.2, -0.15) is 0 Å². The highest BCUT2D eigenvalue weighted by atomic mass is 16.5. The van der Waals surface area contributed by atoms with Crippen LogP contribution in [0.25, 0.3) is 0 Å². The van der Waals surface area contributed by atoms with Crippen LogP contribution in [0.5, 0.6) is 0 Å². The molecular weight excluding hydrogens is 875 g/mol. The van der Waals surface area contributed by atoms with Crippen LogP contribution in [0.1, 0.15) is 303 Å². The van der Waals surface area contributed by atoms with Gasteiger partial charge in [0.25, 0.3) is 0 Å². The van der Waals surface area contributed by atoms with Crippen LogP contribution in [0, 0.1) is 0 Å². The maximum atomic E-state index is 13.3. The third-order valence-corrected chi connectivity index (χ3v) is 13.9. The maximum Gasteiger partial charge on any atom is 0.306 e. The Kier molecular flexibility index (Phi) is 56.0.